The molecule has 1 heterocycles. The van der Waals surface area contributed by atoms with Crippen molar-refractivity contribution in [2.45, 2.75) is 39.5 Å². The maximum absolute atomic E-state index is 5.76. The Labute approximate surface area is 118 Å². The van der Waals surface area contributed by atoms with Crippen LogP contribution in [-0.2, 0) is 12.8 Å². The molecule has 0 saturated heterocycles. The van der Waals surface area contributed by atoms with E-state index in [0.717, 1.165) is 44.6 Å². The molecule has 0 amide bonds. The van der Waals surface area contributed by atoms with Gasteiger partial charge in [0.05, 0.1) is 6.61 Å². The molecule has 0 bridgehead atoms. The number of ether oxygens (including phenoxy) is 1. The van der Waals surface area contributed by atoms with E-state index >= 15 is 0 Å². The maximum Gasteiger partial charge on any atom is 0.125 e. The van der Waals surface area contributed by atoms with Gasteiger partial charge in [-0.3, -0.25) is 0 Å². The molecule has 3 heteroatoms. The van der Waals surface area contributed by atoms with E-state index in [4.69, 9.17) is 10.5 Å². The second-order valence-corrected chi connectivity index (χ2v) is 6.77. The van der Waals surface area contributed by atoms with Gasteiger partial charge in [-0.15, -0.1) is 0 Å². The van der Waals surface area contributed by atoms with E-state index in [1.807, 2.05) is 0 Å². The summed E-state index contributed by atoms with van der Waals surface area (Å²) in [7, 11) is 0. The van der Waals surface area contributed by atoms with Gasteiger partial charge in [-0.25, -0.2) is 0 Å². The Bertz CT molecular complexity index is 429. The fraction of sp³-hybridized carbons (Fsp3) is 0.600. The normalized spacial score (nSPS) is 14.4. The van der Waals surface area contributed by atoms with Crippen LogP contribution in [0.1, 0.15) is 37.8 Å². The first-order valence-corrected chi connectivity index (χ1v) is 7.45. The van der Waals surface area contributed by atoms with Crippen LogP contribution in [0.15, 0.2) is 16.6 Å². The fourth-order valence-corrected chi connectivity index (χ4v) is 3.07. The number of benzene rings is 1. The number of hydrogen-bond donors (Lipinski definition) is 1. The van der Waals surface area contributed by atoms with Crippen molar-refractivity contribution < 1.29 is 4.74 Å². The number of fused-ring (bicyclic) bond motifs is 1. The van der Waals surface area contributed by atoms with Crippen molar-refractivity contribution >= 4 is 15.9 Å². The molecular formula is C15H22BrNO. The first-order chi connectivity index (χ1) is 8.52. The van der Waals surface area contributed by atoms with Gasteiger partial charge in [0.1, 0.15) is 5.75 Å². The fourth-order valence-electron chi connectivity index (χ4n) is 2.52. The number of halogens is 1. The molecule has 0 aliphatic carbocycles. The third kappa shape index (κ3) is 3.27. The van der Waals surface area contributed by atoms with Crippen LogP contribution in [-0.4, -0.2) is 13.2 Å². The van der Waals surface area contributed by atoms with Crippen LogP contribution < -0.4 is 10.5 Å². The number of hydrogen-bond acceptors (Lipinski definition) is 2. The van der Waals surface area contributed by atoms with Gasteiger partial charge in [-0.05, 0) is 54.5 Å². The van der Waals surface area contributed by atoms with Gasteiger partial charge in [0.25, 0.3) is 0 Å². The highest BCUT2D eigenvalue weighted by atomic mass is 79.9. The number of aryl methyl sites for hydroxylation is 1. The standard InChI is InChI=1S/C15H22BrNO/c1-15(2,6-7-17)5-3-11-9-13(16)10-12-4-8-18-14(11)12/h9-10H,3-8,17H2,1-2H3. The van der Waals surface area contributed by atoms with Gasteiger partial charge in [0.15, 0.2) is 0 Å². The predicted molar refractivity (Wildman–Crippen MR) is 79.1 cm³/mol. The first kappa shape index (κ1) is 13.9. The summed E-state index contributed by atoms with van der Waals surface area (Å²) in [6.07, 6.45) is 4.32. The van der Waals surface area contributed by atoms with Crippen molar-refractivity contribution in [3.63, 3.8) is 0 Å². The minimum Gasteiger partial charge on any atom is -0.493 e. The van der Waals surface area contributed by atoms with E-state index in [-0.39, 0.29) is 0 Å². The molecule has 18 heavy (non-hydrogen) atoms. The van der Waals surface area contributed by atoms with Crippen LogP contribution in [0.25, 0.3) is 0 Å². The Morgan fingerprint density at radius 2 is 2.11 bits per heavy atom. The molecule has 1 aromatic carbocycles. The first-order valence-electron chi connectivity index (χ1n) is 6.66. The lowest BCUT2D eigenvalue weighted by atomic mass is 9.83. The molecule has 1 aliphatic rings. The lowest BCUT2D eigenvalue weighted by Gasteiger charge is -2.24. The van der Waals surface area contributed by atoms with Gasteiger partial charge in [0, 0.05) is 10.9 Å². The summed E-state index contributed by atoms with van der Waals surface area (Å²) in [5.41, 5.74) is 8.65. The van der Waals surface area contributed by atoms with Crippen LogP contribution in [0.3, 0.4) is 0 Å². The highest BCUT2D eigenvalue weighted by Gasteiger charge is 2.21. The molecule has 0 fully saturated rings. The largest absolute Gasteiger partial charge is 0.493 e. The third-order valence-corrected chi connectivity index (χ3v) is 4.18. The van der Waals surface area contributed by atoms with Crippen molar-refractivity contribution in [1.29, 1.82) is 0 Å². The van der Waals surface area contributed by atoms with Crippen LogP contribution in [0.4, 0.5) is 0 Å². The number of nitrogens with two attached hydrogens (primary N) is 1. The summed E-state index contributed by atoms with van der Waals surface area (Å²) < 4.78 is 6.93. The summed E-state index contributed by atoms with van der Waals surface area (Å²) in [5, 5.41) is 0. The molecule has 1 aromatic rings. The highest BCUT2D eigenvalue weighted by Crippen LogP contribution is 2.36. The van der Waals surface area contributed by atoms with Crippen molar-refractivity contribution in [1.82, 2.24) is 0 Å². The maximum atomic E-state index is 5.76. The Balaban J connectivity index is 2.10. The van der Waals surface area contributed by atoms with Crippen LogP contribution in [0, 0.1) is 5.41 Å². The van der Waals surface area contributed by atoms with Crippen molar-refractivity contribution in [3.05, 3.63) is 27.7 Å². The van der Waals surface area contributed by atoms with E-state index in [9.17, 15) is 0 Å². The van der Waals surface area contributed by atoms with E-state index < -0.39 is 0 Å². The zero-order valence-electron chi connectivity index (χ0n) is 11.3. The lowest BCUT2D eigenvalue weighted by molar-refractivity contribution is 0.308. The second-order valence-electron chi connectivity index (χ2n) is 5.85. The lowest BCUT2D eigenvalue weighted by Crippen LogP contribution is -2.18. The summed E-state index contributed by atoms with van der Waals surface area (Å²) in [5.74, 6) is 1.13. The van der Waals surface area contributed by atoms with E-state index in [2.05, 4.69) is 41.9 Å². The number of rotatable bonds is 5. The van der Waals surface area contributed by atoms with Gasteiger partial charge in [-0.2, -0.15) is 0 Å². The van der Waals surface area contributed by atoms with E-state index in [0.29, 0.717) is 5.41 Å². The summed E-state index contributed by atoms with van der Waals surface area (Å²) >= 11 is 3.59. The average molecular weight is 312 g/mol. The minimum absolute atomic E-state index is 0.308. The Morgan fingerprint density at radius 3 is 2.83 bits per heavy atom. The summed E-state index contributed by atoms with van der Waals surface area (Å²) in [6, 6.07) is 4.37. The Kier molecular flexibility index (Phi) is 4.33. The molecule has 0 saturated carbocycles. The monoisotopic (exact) mass is 311 g/mol. The smallest absolute Gasteiger partial charge is 0.125 e. The molecule has 0 aromatic heterocycles. The predicted octanol–water partition coefficient (Wildman–Crippen LogP) is 3.69. The zero-order chi connectivity index (χ0) is 13.2. The average Bonchev–Trinajstić information content (AvgIpc) is 2.73. The van der Waals surface area contributed by atoms with Gasteiger partial charge >= 0.3 is 0 Å². The molecule has 1 aliphatic heterocycles. The van der Waals surface area contributed by atoms with Crippen LogP contribution in [0.5, 0.6) is 5.75 Å². The molecule has 0 atom stereocenters. The van der Waals surface area contributed by atoms with E-state index in [1.165, 1.54) is 15.6 Å². The van der Waals surface area contributed by atoms with Crippen molar-refractivity contribution in [2.24, 2.45) is 11.1 Å². The van der Waals surface area contributed by atoms with Crippen LogP contribution >= 0.6 is 15.9 Å². The SMILES string of the molecule is CC(C)(CCN)CCc1cc(Br)cc2c1OCC2. The molecule has 0 unspecified atom stereocenters. The molecule has 2 nitrogen and oxygen atoms in total. The highest BCUT2D eigenvalue weighted by molar-refractivity contribution is 9.10. The topological polar surface area (TPSA) is 35.2 Å². The summed E-state index contributed by atoms with van der Waals surface area (Å²) in [4.78, 5) is 0. The van der Waals surface area contributed by atoms with Gasteiger partial charge in [-0.1, -0.05) is 29.8 Å². The van der Waals surface area contributed by atoms with Crippen molar-refractivity contribution in [3.8, 4) is 5.75 Å². The van der Waals surface area contributed by atoms with Crippen LogP contribution in [0.2, 0.25) is 0 Å². The molecule has 100 valence electrons. The quantitative estimate of drug-likeness (QED) is 0.900. The second kappa shape index (κ2) is 5.62. The summed E-state index contributed by atoms with van der Waals surface area (Å²) in [6.45, 7) is 6.17. The van der Waals surface area contributed by atoms with Crippen molar-refractivity contribution in [2.75, 3.05) is 13.2 Å². The Morgan fingerprint density at radius 1 is 1.33 bits per heavy atom. The molecule has 0 spiro atoms. The molecule has 2 N–H and O–H groups in total. The molecule has 0 radical (unpaired) electrons. The zero-order valence-corrected chi connectivity index (χ0v) is 12.8. The Hall–Kier alpha value is -0.540. The van der Waals surface area contributed by atoms with Gasteiger partial charge < -0.3 is 10.5 Å². The minimum atomic E-state index is 0.308. The molecular weight excluding hydrogens is 290 g/mol. The molecule has 2 rings (SSSR count). The van der Waals surface area contributed by atoms with Gasteiger partial charge in [0.2, 0.25) is 0 Å². The third-order valence-electron chi connectivity index (χ3n) is 3.72. The van der Waals surface area contributed by atoms with E-state index in [1.54, 1.807) is 0 Å².